The van der Waals surface area contributed by atoms with Gasteiger partial charge in [0.25, 0.3) is 0 Å². The van der Waals surface area contributed by atoms with Gasteiger partial charge < -0.3 is 30.3 Å². The molecule has 0 aromatic carbocycles. The molecule has 6 nitrogen and oxygen atoms in total. The summed E-state index contributed by atoms with van der Waals surface area (Å²) in [6, 6.07) is 0. The summed E-state index contributed by atoms with van der Waals surface area (Å²) >= 11 is 0. The maximum atomic E-state index is 10.0. The van der Waals surface area contributed by atoms with Crippen molar-refractivity contribution in [2.45, 2.75) is 17.8 Å². The van der Waals surface area contributed by atoms with Crippen LogP contribution in [0.2, 0.25) is 0 Å². The van der Waals surface area contributed by atoms with Gasteiger partial charge >= 0.3 is 0 Å². The minimum atomic E-state index is -2.39. The molecule has 72 valence electrons. The van der Waals surface area contributed by atoms with E-state index in [9.17, 15) is 9.90 Å². The lowest BCUT2D eigenvalue weighted by atomic mass is 9.92. The molecule has 6 heteroatoms. The van der Waals surface area contributed by atoms with Crippen LogP contribution in [0.3, 0.4) is 0 Å². The van der Waals surface area contributed by atoms with Crippen LogP contribution in [0.4, 0.5) is 0 Å². The summed E-state index contributed by atoms with van der Waals surface area (Å²) in [5.41, 5.74) is -2.39. The van der Waals surface area contributed by atoms with E-state index in [1.54, 1.807) is 0 Å². The molecule has 0 saturated heterocycles. The minimum absolute atomic E-state index is 0.0326. The van der Waals surface area contributed by atoms with E-state index >= 15 is 0 Å². The van der Waals surface area contributed by atoms with Crippen LogP contribution in [-0.2, 0) is 4.79 Å². The molecular weight excluding hydrogens is 168 g/mol. The van der Waals surface area contributed by atoms with Crippen molar-refractivity contribution in [2.75, 3.05) is 13.2 Å². The molecular formula is C6H12O6. The van der Waals surface area contributed by atoms with Gasteiger partial charge in [0.15, 0.2) is 6.29 Å². The third-order valence-electron chi connectivity index (χ3n) is 1.64. The average Bonchev–Trinajstić information content (AvgIpc) is 2.13. The van der Waals surface area contributed by atoms with Gasteiger partial charge in [-0.25, -0.2) is 0 Å². The van der Waals surface area contributed by atoms with Crippen molar-refractivity contribution in [2.24, 2.45) is 0 Å². The zero-order valence-corrected chi connectivity index (χ0v) is 6.29. The molecule has 0 aliphatic heterocycles. The Morgan fingerprint density at radius 2 is 1.83 bits per heavy atom. The van der Waals surface area contributed by atoms with E-state index in [-0.39, 0.29) is 6.29 Å². The Hall–Kier alpha value is -0.530. The van der Waals surface area contributed by atoms with Gasteiger partial charge in [-0.3, -0.25) is 0 Å². The van der Waals surface area contributed by atoms with E-state index in [1.165, 1.54) is 0 Å². The molecule has 0 heterocycles. The summed E-state index contributed by atoms with van der Waals surface area (Å²) in [6.07, 6.45) is -3.72. The molecule has 0 amide bonds. The molecule has 0 radical (unpaired) electrons. The van der Waals surface area contributed by atoms with Crippen LogP contribution in [-0.4, -0.2) is 62.8 Å². The fraction of sp³-hybridized carbons (Fsp3) is 0.833. The highest BCUT2D eigenvalue weighted by Gasteiger charge is 2.41. The van der Waals surface area contributed by atoms with E-state index in [0.29, 0.717) is 0 Å². The molecule has 0 aliphatic carbocycles. The van der Waals surface area contributed by atoms with Gasteiger partial charge in [0.1, 0.15) is 17.8 Å². The first kappa shape index (κ1) is 11.5. The van der Waals surface area contributed by atoms with Gasteiger partial charge in [-0.1, -0.05) is 0 Å². The molecule has 0 bridgehead atoms. The SMILES string of the molecule is O=CC(O)C(O)(CO)C(O)CO. The number of hydrogen-bond acceptors (Lipinski definition) is 6. The van der Waals surface area contributed by atoms with Crippen LogP contribution in [0.25, 0.3) is 0 Å². The van der Waals surface area contributed by atoms with Crippen LogP contribution in [0.1, 0.15) is 0 Å². The normalized spacial score (nSPS) is 21.1. The van der Waals surface area contributed by atoms with Gasteiger partial charge in [0, 0.05) is 0 Å². The fourth-order valence-electron chi connectivity index (χ4n) is 0.672. The monoisotopic (exact) mass is 180 g/mol. The number of carbonyl (C=O) groups excluding carboxylic acids is 1. The largest absolute Gasteiger partial charge is 0.394 e. The predicted molar refractivity (Wildman–Crippen MR) is 37.2 cm³/mol. The zero-order valence-electron chi connectivity index (χ0n) is 6.29. The quantitative estimate of drug-likeness (QED) is 0.282. The van der Waals surface area contributed by atoms with E-state index in [0.717, 1.165) is 0 Å². The smallest absolute Gasteiger partial charge is 0.151 e. The first-order valence-electron chi connectivity index (χ1n) is 3.28. The second-order valence-electron chi connectivity index (χ2n) is 2.43. The van der Waals surface area contributed by atoms with E-state index in [1.807, 2.05) is 0 Å². The minimum Gasteiger partial charge on any atom is -0.394 e. The summed E-state index contributed by atoms with van der Waals surface area (Å²) in [5, 5.41) is 43.9. The number of aliphatic hydroxyl groups is 5. The molecule has 12 heavy (non-hydrogen) atoms. The first-order valence-corrected chi connectivity index (χ1v) is 3.28. The lowest BCUT2D eigenvalue weighted by molar-refractivity contribution is -0.176. The predicted octanol–water partition coefficient (Wildman–Crippen LogP) is -3.38. The molecule has 0 saturated carbocycles. The first-order chi connectivity index (χ1) is 5.52. The van der Waals surface area contributed by atoms with Crippen molar-refractivity contribution in [1.29, 1.82) is 0 Å². The maximum Gasteiger partial charge on any atom is 0.151 e. The highest BCUT2D eigenvalue weighted by molar-refractivity contribution is 5.58. The highest BCUT2D eigenvalue weighted by Crippen LogP contribution is 2.13. The van der Waals surface area contributed by atoms with Crippen molar-refractivity contribution in [3.05, 3.63) is 0 Å². The Morgan fingerprint density at radius 1 is 1.33 bits per heavy atom. The fourth-order valence-corrected chi connectivity index (χ4v) is 0.672. The Morgan fingerprint density at radius 3 is 2.08 bits per heavy atom. The molecule has 3 atom stereocenters. The third kappa shape index (κ3) is 1.99. The Bertz CT molecular complexity index is 149. The second kappa shape index (κ2) is 4.48. The van der Waals surface area contributed by atoms with Crippen LogP contribution in [0.5, 0.6) is 0 Å². The van der Waals surface area contributed by atoms with E-state index < -0.39 is 31.0 Å². The van der Waals surface area contributed by atoms with Gasteiger partial charge in [0.2, 0.25) is 0 Å². The van der Waals surface area contributed by atoms with Gasteiger partial charge in [-0.05, 0) is 0 Å². The highest BCUT2D eigenvalue weighted by atomic mass is 16.4. The Balaban J connectivity index is 4.53. The van der Waals surface area contributed by atoms with Gasteiger partial charge in [-0.2, -0.15) is 0 Å². The van der Waals surface area contributed by atoms with E-state index in [4.69, 9.17) is 20.4 Å². The molecule has 0 spiro atoms. The zero-order chi connectivity index (χ0) is 9.78. The molecule has 0 aliphatic rings. The second-order valence-corrected chi connectivity index (χ2v) is 2.43. The van der Waals surface area contributed by atoms with Crippen LogP contribution < -0.4 is 0 Å². The number of rotatable bonds is 5. The van der Waals surface area contributed by atoms with Crippen molar-refractivity contribution in [3.63, 3.8) is 0 Å². The number of hydrogen-bond donors (Lipinski definition) is 5. The van der Waals surface area contributed by atoms with Crippen molar-refractivity contribution < 1.29 is 30.3 Å². The van der Waals surface area contributed by atoms with Gasteiger partial charge in [-0.15, -0.1) is 0 Å². The van der Waals surface area contributed by atoms with Crippen molar-refractivity contribution in [3.8, 4) is 0 Å². The molecule has 0 fully saturated rings. The van der Waals surface area contributed by atoms with Crippen molar-refractivity contribution >= 4 is 6.29 Å². The Kier molecular flexibility index (Phi) is 4.29. The number of carbonyl (C=O) groups is 1. The molecule has 5 N–H and O–H groups in total. The molecule has 3 unspecified atom stereocenters. The summed E-state index contributed by atoms with van der Waals surface area (Å²) in [7, 11) is 0. The van der Waals surface area contributed by atoms with Gasteiger partial charge in [0.05, 0.1) is 13.2 Å². The third-order valence-corrected chi connectivity index (χ3v) is 1.64. The molecule has 0 aromatic heterocycles. The van der Waals surface area contributed by atoms with Crippen LogP contribution in [0, 0.1) is 0 Å². The standard InChI is InChI=1S/C6H12O6/c7-1-4(10)6(12,3-9)5(11)2-8/h1,4-5,8-12H,2-3H2. The van der Waals surface area contributed by atoms with Crippen LogP contribution >= 0.6 is 0 Å². The summed E-state index contributed by atoms with van der Waals surface area (Å²) in [6.45, 7) is -1.88. The topological polar surface area (TPSA) is 118 Å². The lowest BCUT2D eigenvalue weighted by Gasteiger charge is -2.31. The number of aliphatic hydroxyl groups excluding tert-OH is 4. The summed E-state index contributed by atoms with van der Waals surface area (Å²) in [4.78, 5) is 10.0. The van der Waals surface area contributed by atoms with E-state index in [2.05, 4.69) is 0 Å². The Labute approximate surface area is 68.7 Å². The summed E-state index contributed by atoms with van der Waals surface area (Å²) in [5.74, 6) is 0. The lowest BCUT2D eigenvalue weighted by Crippen LogP contribution is -2.57. The number of aldehydes is 1. The van der Waals surface area contributed by atoms with Crippen molar-refractivity contribution in [1.82, 2.24) is 0 Å². The molecule has 0 aromatic rings. The maximum absolute atomic E-state index is 10.0. The van der Waals surface area contributed by atoms with Crippen LogP contribution in [0.15, 0.2) is 0 Å². The summed E-state index contributed by atoms with van der Waals surface area (Å²) < 4.78 is 0. The molecule has 0 rings (SSSR count). The average molecular weight is 180 g/mol.